The van der Waals surface area contributed by atoms with Crippen molar-refractivity contribution in [2.45, 2.75) is 6.54 Å². The molecule has 2 heterocycles. The number of non-ortho nitro benzene ring substituents is 1. The first-order chi connectivity index (χ1) is 13.5. The van der Waals surface area contributed by atoms with E-state index in [0.717, 1.165) is 37.6 Å². The van der Waals surface area contributed by atoms with Gasteiger partial charge >= 0.3 is 0 Å². The summed E-state index contributed by atoms with van der Waals surface area (Å²) in [6, 6.07) is 9.43. The van der Waals surface area contributed by atoms with Crippen molar-refractivity contribution in [3.05, 3.63) is 58.3 Å². The Balaban J connectivity index is 1.51. The van der Waals surface area contributed by atoms with Crippen LogP contribution in [0, 0.1) is 10.1 Å². The second-order valence-electron chi connectivity index (χ2n) is 6.59. The maximum absolute atomic E-state index is 12.1. The zero-order valence-electron chi connectivity index (χ0n) is 15.7. The van der Waals surface area contributed by atoms with Crippen LogP contribution in [0.2, 0.25) is 0 Å². The lowest BCUT2D eigenvalue weighted by Crippen LogP contribution is -2.45. The number of nitro groups is 1. The van der Waals surface area contributed by atoms with E-state index >= 15 is 0 Å². The minimum Gasteiger partial charge on any atom is -0.484 e. The average Bonchev–Trinajstić information content (AvgIpc) is 2.72. The molecular weight excluding hydrogens is 362 g/mol. The molecule has 148 valence electrons. The van der Waals surface area contributed by atoms with Gasteiger partial charge in [-0.05, 0) is 25.2 Å². The van der Waals surface area contributed by atoms with Gasteiger partial charge in [0.05, 0.1) is 4.92 Å². The Morgan fingerprint density at radius 1 is 1.21 bits per heavy atom. The summed E-state index contributed by atoms with van der Waals surface area (Å²) in [5.41, 5.74) is 0.931. The lowest BCUT2D eigenvalue weighted by atomic mass is 10.2. The fourth-order valence-corrected chi connectivity index (χ4v) is 2.93. The first-order valence-corrected chi connectivity index (χ1v) is 9.04. The highest BCUT2D eigenvalue weighted by Gasteiger charge is 2.18. The number of hydrogen-bond acceptors (Lipinski definition) is 7. The van der Waals surface area contributed by atoms with E-state index in [4.69, 9.17) is 4.74 Å². The first kappa shape index (κ1) is 19.6. The van der Waals surface area contributed by atoms with Gasteiger partial charge in [-0.1, -0.05) is 6.07 Å². The molecule has 1 N–H and O–H groups in total. The normalized spacial score (nSPS) is 14.5. The zero-order valence-corrected chi connectivity index (χ0v) is 15.7. The summed E-state index contributed by atoms with van der Waals surface area (Å²) >= 11 is 0. The molecule has 0 spiro atoms. The Kier molecular flexibility index (Phi) is 6.38. The summed E-state index contributed by atoms with van der Waals surface area (Å²) in [6.45, 7) is 3.95. The van der Waals surface area contributed by atoms with Gasteiger partial charge in [-0.2, -0.15) is 0 Å². The third-order valence-corrected chi connectivity index (χ3v) is 4.56. The molecule has 1 fully saturated rings. The predicted molar refractivity (Wildman–Crippen MR) is 104 cm³/mol. The highest BCUT2D eigenvalue weighted by atomic mass is 16.6. The molecule has 9 heteroatoms. The highest BCUT2D eigenvalue weighted by molar-refractivity contribution is 5.77. The van der Waals surface area contributed by atoms with Gasteiger partial charge in [0.1, 0.15) is 11.6 Å². The van der Waals surface area contributed by atoms with Gasteiger partial charge < -0.3 is 19.9 Å². The number of nitrogens with zero attached hydrogens (tertiary/aromatic N) is 4. The van der Waals surface area contributed by atoms with Crippen molar-refractivity contribution in [2.24, 2.45) is 0 Å². The number of carbonyl (C=O) groups is 1. The van der Waals surface area contributed by atoms with E-state index in [-0.39, 0.29) is 18.2 Å². The van der Waals surface area contributed by atoms with Crippen LogP contribution in [-0.4, -0.2) is 60.5 Å². The van der Waals surface area contributed by atoms with Crippen molar-refractivity contribution >= 4 is 17.4 Å². The van der Waals surface area contributed by atoms with Crippen LogP contribution >= 0.6 is 0 Å². The standard InChI is InChI=1S/C19H23N5O4/c1-22-9-11-23(12-10-22)19-15(3-2-8-20-19)13-21-18(25)14-28-17-6-4-16(5-7-17)24(26)27/h2-8H,9-14H2,1H3,(H,21,25). The molecule has 1 aromatic carbocycles. The quantitative estimate of drug-likeness (QED) is 0.568. The smallest absolute Gasteiger partial charge is 0.269 e. The Morgan fingerprint density at radius 2 is 1.93 bits per heavy atom. The fourth-order valence-electron chi connectivity index (χ4n) is 2.93. The van der Waals surface area contributed by atoms with Crippen LogP contribution in [0.15, 0.2) is 42.6 Å². The van der Waals surface area contributed by atoms with Gasteiger partial charge in [-0.15, -0.1) is 0 Å². The number of rotatable bonds is 7. The Labute approximate surface area is 163 Å². The minimum absolute atomic E-state index is 0.0233. The molecule has 0 bridgehead atoms. The third kappa shape index (κ3) is 5.17. The van der Waals surface area contributed by atoms with E-state index in [2.05, 4.69) is 27.1 Å². The number of piperazine rings is 1. The Bertz CT molecular complexity index is 819. The fraction of sp³-hybridized carbons (Fsp3) is 0.368. The van der Waals surface area contributed by atoms with E-state index in [9.17, 15) is 14.9 Å². The number of benzene rings is 1. The number of likely N-dealkylation sites (N-methyl/N-ethyl adjacent to an activating group) is 1. The third-order valence-electron chi connectivity index (χ3n) is 4.56. The highest BCUT2D eigenvalue weighted by Crippen LogP contribution is 2.19. The monoisotopic (exact) mass is 385 g/mol. The number of nitro benzene ring substituents is 1. The van der Waals surface area contributed by atoms with Gasteiger partial charge in [0.15, 0.2) is 6.61 Å². The number of anilines is 1. The summed E-state index contributed by atoms with van der Waals surface area (Å²) in [5, 5.41) is 13.5. The molecule has 1 saturated heterocycles. The van der Waals surface area contributed by atoms with Crippen LogP contribution in [0.4, 0.5) is 11.5 Å². The van der Waals surface area contributed by atoms with Crippen LogP contribution in [0.3, 0.4) is 0 Å². The summed E-state index contributed by atoms with van der Waals surface area (Å²) in [6.07, 6.45) is 1.76. The number of pyridine rings is 1. The number of aromatic nitrogens is 1. The molecule has 28 heavy (non-hydrogen) atoms. The number of amides is 1. The van der Waals surface area contributed by atoms with Crippen molar-refractivity contribution < 1.29 is 14.5 Å². The topological polar surface area (TPSA) is 101 Å². The van der Waals surface area contributed by atoms with Crippen LogP contribution in [-0.2, 0) is 11.3 Å². The summed E-state index contributed by atoms with van der Waals surface area (Å²) in [5.74, 6) is 1.03. The van der Waals surface area contributed by atoms with Crippen LogP contribution in [0.5, 0.6) is 5.75 Å². The molecule has 1 aliphatic rings. The van der Waals surface area contributed by atoms with Gasteiger partial charge in [0.2, 0.25) is 0 Å². The maximum atomic E-state index is 12.1. The minimum atomic E-state index is -0.484. The SMILES string of the molecule is CN1CCN(c2ncccc2CNC(=O)COc2ccc([N+](=O)[O-])cc2)CC1. The van der Waals surface area contributed by atoms with Crippen LogP contribution in [0.1, 0.15) is 5.56 Å². The lowest BCUT2D eigenvalue weighted by molar-refractivity contribution is -0.384. The summed E-state index contributed by atoms with van der Waals surface area (Å²) in [7, 11) is 2.10. The van der Waals surface area contributed by atoms with Gasteiger partial charge in [-0.3, -0.25) is 14.9 Å². The molecule has 0 radical (unpaired) electrons. The summed E-state index contributed by atoms with van der Waals surface area (Å²) < 4.78 is 5.38. The first-order valence-electron chi connectivity index (χ1n) is 9.04. The molecular formula is C19H23N5O4. The van der Waals surface area contributed by atoms with Crippen molar-refractivity contribution in [3.8, 4) is 5.75 Å². The number of nitrogens with one attached hydrogen (secondary N) is 1. The largest absolute Gasteiger partial charge is 0.484 e. The van der Waals surface area contributed by atoms with Crippen LogP contribution < -0.4 is 15.0 Å². The molecule has 1 amide bonds. The van der Waals surface area contributed by atoms with E-state index in [1.807, 2.05) is 12.1 Å². The molecule has 3 rings (SSSR count). The van der Waals surface area contributed by atoms with Crippen molar-refractivity contribution in [1.82, 2.24) is 15.2 Å². The molecule has 0 unspecified atom stereocenters. The predicted octanol–water partition coefficient (Wildman–Crippen LogP) is 1.44. The maximum Gasteiger partial charge on any atom is 0.269 e. The van der Waals surface area contributed by atoms with E-state index < -0.39 is 4.92 Å². The summed E-state index contributed by atoms with van der Waals surface area (Å²) in [4.78, 5) is 31.3. The number of ether oxygens (including phenoxy) is 1. The second kappa shape index (κ2) is 9.14. The Morgan fingerprint density at radius 3 is 2.61 bits per heavy atom. The zero-order chi connectivity index (χ0) is 19.9. The molecule has 0 atom stereocenters. The Hall–Kier alpha value is -3.20. The molecule has 2 aromatic rings. The number of carbonyl (C=O) groups excluding carboxylic acids is 1. The molecule has 1 aliphatic heterocycles. The van der Waals surface area contributed by atoms with Crippen molar-refractivity contribution in [2.75, 3.05) is 44.7 Å². The van der Waals surface area contributed by atoms with Gasteiger partial charge in [-0.25, -0.2) is 4.98 Å². The van der Waals surface area contributed by atoms with Gasteiger partial charge in [0.25, 0.3) is 11.6 Å². The lowest BCUT2D eigenvalue weighted by Gasteiger charge is -2.34. The van der Waals surface area contributed by atoms with Gasteiger partial charge in [0, 0.05) is 56.6 Å². The van der Waals surface area contributed by atoms with E-state index in [1.165, 1.54) is 24.3 Å². The second-order valence-corrected chi connectivity index (χ2v) is 6.59. The van der Waals surface area contributed by atoms with Crippen molar-refractivity contribution in [1.29, 1.82) is 0 Å². The van der Waals surface area contributed by atoms with E-state index in [1.54, 1.807) is 6.20 Å². The molecule has 0 aliphatic carbocycles. The van der Waals surface area contributed by atoms with Crippen LogP contribution in [0.25, 0.3) is 0 Å². The average molecular weight is 385 g/mol. The molecule has 0 saturated carbocycles. The van der Waals surface area contributed by atoms with E-state index in [0.29, 0.717) is 12.3 Å². The van der Waals surface area contributed by atoms with Crippen molar-refractivity contribution in [3.63, 3.8) is 0 Å². The molecule has 9 nitrogen and oxygen atoms in total. The molecule has 1 aromatic heterocycles. The number of hydrogen-bond donors (Lipinski definition) is 1.